The van der Waals surface area contributed by atoms with Crippen molar-refractivity contribution in [3.05, 3.63) is 0 Å². The summed E-state index contributed by atoms with van der Waals surface area (Å²) in [6, 6.07) is 0. The van der Waals surface area contributed by atoms with Crippen LogP contribution in [0.15, 0.2) is 0 Å². The van der Waals surface area contributed by atoms with Gasteiger partial charge in [0.25, 0.3) is 0 Å². The number of rotatable bonds is 5. The van der Waals surface area contributed by atoms with Crippen LogP contribution in [0.5, 0.6) is 0 Å². The fourth-order valence-electron chi connectivity index (χ4n) is 2.81. The number of nitrogens with one attached hydrogen (secondary N) is 1. The van der Waals surface area contributed by atoms with E-state index >= 15 is 0 Å². The van der Waals surface area contributed by atoms with E-state index in [1.165, 1.54) is 0 Å². The lowest BCUT2D eigenvalue weighted by atomic mass is 9.93. The van der Waals surface area contributed by atoms with Gasteiger partial charge >= 0.3 is 5.97 Å². The average Bonchev–Trinajstić information content (AvgIpc) is 3.20. The molecule has 2 rings (SSSR count). The number of piperidine rings is 1. The quantitative estimate of drug-likeness (QED) is 0.792. The third-order valence-electron chi connectivity index (χ3n) is 4.16. The Labute approximate surface area is 124 Å². The van der Waals surface area contributed by atoms with Crippen LogP contribution in [0.3, 0.4) is 0 Å². The van der Waals surface area contributed by atoms with Crippen LogP contribution < -0.4 is 5.32 Å². The molecule has 1 aliphatic carbocycles. The van der Waals surface area contributed by atoms with Crippen molar-refractivity contribution in [1.29, 1.82) is 0 Å². The molecule has 118 valence electrons. The molecular weight excluding hydrogens is 272 g/mol. The Morgan fingerprint density at radius 2 is 1.67 bits per heavy atom. The number of carboxylic acids is 1. The Balaban J connectivity index is 1.79. The van der Waals surface area contributed by atoms with E-state index in [-0.39, 0.29) is 30.1 Å². The molecule has 6 nitrogen and oxygen atoms in total. The molecule has 1 saturated carbocycles. The van der Waals surface area contributed by atoms with Gasteiger partial charge in [-0.1, -0.05) is 0 Å². The van der Waals surface area contributed by atoms with Gasteiger partial charge in [0.2, 0.25) is 11.8 Å². The second-order valence-corrected chi connectivity index (χ2v) is 6.82. The highest BCUT2D eigenvalue weighted by molar-refractivity contribution is 5.83. The van der Waals surface area contributed by atoms with Gasteiger partial charge in [0.05, 0.1) is 6.42 Å². The zero-order chi connectivity index (χ0) is 15.6. The summed E-state index contributed by atoms with van der Waals surface area (Å²) in [4.78, 5) is 36.8. The fourth-order valence-corrected chi connectivity index (χ4v) is 2.81. The number of hydrogen-bond acceptors (Lipinski definition) is 3. The van der Waals surface area contributed by atoms with Crippen LogP contribution in [0, 0.1) is 11.8 Å². The number of carbonyl (C=O) groups excluding carboxylic acids is 2. The Hall–Kier alpha value is -1.59. The first kappa shape index (κ1) is 15.8. The van der Waals surface area contributed by atoms with Gasteiger partial charge in [-0.2, -0.15) is 0 Å². The topological polar surface area (TPSA) is 86.7 Å². The number of carboxylic acid groups (broad SMARTS) is 1. The van der Waals surface area contributed by atoms with E-state index in [2.05, 4.69) is 5.32 Å². The normalized spacial score (nSPS) is 20.2. The molecule has 0 aromatic carbocycles. The van der Waals surface area contributed by atoms with Gasteiger partial charge in [0.15, 0.2) is 0 Å². The summed E-state index contributed by atoms with van der Waals surface area (Å²) in [5.74, 6) is -0.684. The molecule has 6 heteroatoms. The number of hydrogen-bond donors (Lipinski definition) is 2. The molecule has 1 heterocycles. The van der Waals surface area contributed by atoms with E-state index in [9.17, 15) is 14.4 Å². The number of amides is 2. The van der Waals surface area contributed by atoms with Crippen LogP contribution in [-0.4, -0.2) is 46.4 Å². The minimum Gasteiger partial charge on any atom is -0.481 e. The highest BCUT2D eigenvalue weighted by Gasteiger charge is 2.36. The Morgan fingerprint density at radius 3 is 2.14 bits per heavy atom. The molecule has 2 aliphatic rings. The molecule has 1 saturated heterocycles. The Bertz CT molecular complexity index is 435. The molecule has 21 heavy (non-hydrogen) atoms. The van der Waals surface area contributed by atoms with Crippen LogP contribution >= 0.6 is 0 Å². The largest absolute Gasteiger partial charge is 0.481 e. The first-order valence-electron chi connectivity index (χ1n) is 7.61. The summed E-state index contributed by atoms with van der Waals surface area (Å²) in [5, 5.41) is 11.6. The van der Waals surface area contributed by atoms with E-state index in [1.54, 1.807) is 13.8 Å². The summed E-state index contributed by atoms with van der Waals surface area (Å²) >= 11 is 0. The summed E-state index contributed by atoms with van der Waals surface area (Å²) < 4.78 is 0. The van der Waals surface area contributed by atoms with Gasteiger partial charge in [-0.05, 0) is 39.5 Å². The van der Waals surface area contributed by atoms with Crippen LogP contribution in [0.25, 0.3) is 0 Å². The van der Waals surface area contributed by atoms with Crippen molar-refractivity contribution >= 4 is 17.8 Å². The minimum absolute atomic E-state index is 0.0974. The smallest absolute Gasteiger partial charge is 0.305 e. The predicted molar refractivity (Wildman–Crippen MR) is 76.5 cm³/mol. The summed E-state index contributed by atoms with van der Waals surface area (Å²) in [7, 11) is 0. The third-order valence-corrected chi connectivity index (χ3v) is 4.16. The molecule has 2 N–H and O–H groups in total. The van der Waals surface area contributed by atoms with Gasteiger partial charge in [-0.3, -0.25) is 14.4 Å². The summed E-state index contributed by atoms with van der Waals surface area (Å²) in [5.41, 5.74) is -0.746. The van der Waals surface area contributed by atoms with Crippen LogP contribution in [0.2, 0.25) is 0 Å². The number of nitrogens with zero attached hydrogens (tertiary/aromatic N) is 1. The maximum atomic E-state index is 12.2. The molecule has 1 aliphatic heterocycles. The second kappa shape index (κ2) is 6.03. The summed E-state index contributed by atoms with van der Waals surface area (Å²) in [6.07, 6.45) is 3.23. The number of aliphatic carboxylic acids is 1. The highest BCUT2D eigenvalue weighted by Crippen LogP contribution is 2.32. The van der Waals surface area contributed by atoms with Crippen molar-refractivity contribution in [1.82, 2.24) is 10.2 Å². The molecule has 0 spiro atoms. The monoisotopic (exact) mass is 296 g/mol. The zero-order valence-corrected chi connectivity index (χ0v) is 12.7. The minimum atomic E-state index is -0.926. The number of likely N-dealkylation sites (tertiary alicyclic amines) is 1. The second-order valence-electron chi connectivity index (χ2n) is 6.82. The lowest BCUT2D eigenvalue weighted by Crippen LogP contribution is -2.50. The predicted octanol–water partition coefficient (Wildman–Crippen LogP) is 1.00. The van der Waals surface area contributed by atoms with Crippen molar-refractivity contribution in [3.63, 3.8) is 0 Å². The molecule has 0 aromatic heterocycles. The molecule has 0 unspecified atom stereocenters. The zero-order valence-electron chi connectivity index (χ0n) is 12.7. The lowest BCUT2D eigenvalue weighted by Gasteiger charge is -2.33. The molecule has 0 radical (unpaired) electrons. The maximum absolute atomic E-state index is 12.2. The molecule has 2 amide bonds. The fraction of sp³-hybridized carbons (Fsp3) is 0.800. The molecule has 0 bridgehead atoms. The van der Waals surface area contributed by atoms with Crippen molar-refractivity contribution in [3.8, 4) is 0 Å². The van der Waals surface area contributed by atoms with E-state index in [0.717, 1.165) is 12.8 Å². The third kappa shape index (κ3) is 4.44. The first-order chi connectivity index (χ1) is 9.78. The maximum Gasteiger partial charge on any atom is 0.305 e. The molecular formula is C15H24N2O4. The highest BCUT2D eigenvalue weighted by atomic mass is 16.4. The van der Waals surface area contributed by atoms with E-state index in [0.29, 0.717) is 25.9 Å². The summed E-state index contributed by atoms with van der Waals surface area (Å²) in [6.45, 7) is 4.69. The van der Waals surface area contributed by atoms with Gasteiger partial charge in [0.1, 0.15) is 0 Å². The van der Waals surface area contributed by atoms with Crippen molar-refractivity contribution < 1.29 is 19.5 Å². The van der Waals surface area contributed by atoms with Gasteiger partial charge in [0, 0.05) is 30.5 Å². The van der Waals surface area contributed by atoms with Gasteiger partial charge < -0.3 is 15.3 Å². The van der Waals surface area contributed by atoms with Crippen LogP contribution in [0.4, 0.5) is 0 Å². The molecule has 2 fully saturated rings. The Morgan fingerprint density at radius 1 is 1.10 bits per heavy atom. The first-order valence-corrected chi connectivity index (χ1v) is 7.61. The van der Waals surface area contributed by atoms with Crippen LogP contribution in [-0.2, 0) is 14.4 Å². The van der Waals surface area contributed by atoms with E-state index < -0.39 is 11.5 Å². The average molecular weight is 296 g/mol. The van der Waals surface area contributed by atoms with Crippen molar-refractivity contribution in [2.75, 3.05) is 13.1 Å². The van der Waals surface area contributed by atoms with E-state index in [1.807, 2.05) is 4.90 Å². The van der Waals surface area contributed by atoms with Gasteiger partial charge in [-0.15, -0.1) is 0 Å². The Kier molecular flexibility index (Phi) is 4.54. The van der Waals surface area contributed by atoms with Crippen molar-refractivity contribution in [2.45, 2.75) is 51.5 Å². The number of carbonyl (C=O) groups is 3. The lowest BCUT2D eigenvalue weighted by molar-refractivity contribution is -0.140. The molecule has 0 aromatic rings. The standard InChI is InChI=1S/C15H24N2O4/c1-15(2,9-12(18)19)16-13(20)10-5-7-17(8-6-10)14(21)11-3-4-11/h10-11H,3-9H2,1-2H3,(H,16,20)(H,18,19). The van der Waals surface area contributed by atoms with Gasteiger partial charge in [-0.25, -0.2) is 0 Å². The van der Waals surface area contributed by atoms with E-state index in [4.69, 9.17) is 5.11 Å². The SMILES string of the molecule is CC(C)(CC(=O)O)NC(=O)C1CCN(C(=O)C2CC2)CC1. The van der Waals surface area contributed by atoms with Crippen LogP contribution in [0.1, 0.15) is 46.0 Å². The molecule has 0 atom stereocenters. The van der Waals surface area contributed by atoms with Crippen molar-refractivity contribution in [2.24, 2.45) is 11.8 Å².